The summed E-state index contributed by atoms with van der Waals surface area (Å²) in [5.74, 6) is -0.442. The summed E-state index contributed by atoms with van der Waals surface area (Å²) in [5, 5.41) is 0. The van der Waals surface area contributed by atoms with E-state index >= 15 is 0 Å². The molecule has 0 bridgehead atoms. The molecule has 0 aliphatic carbocycles. The fourth-order valence-corrected chi connectivity index (χ4v) is 5.92. The average Bonchev–Trinajstić information content (AvgIpc) is 3.34. The van der Waals surface area contributed by atoms with Crippen LogP contribution in [0.4, 0.5) is 0 Å². The largest absolute Gasteiger partial charge is 0.371 e. The van der Waals surface area contributed by atoms with Crippen molar-refractivity contribution in [2.75, 3.05) is 12.3 Å². The number of ether oxygens (including phenoxy) is 1. The van der Waals surface area contributed by atoms with Gasteiger partial charge in [-0.3, -0.25) is 24.2 Å². The van der Waals surface area contributed by atoms with Crippen molar-refractivity contribution in [3.63, 3.8) is 0 Å². The van der Waals surface area contributed by atoms with E-state index in [2.05, 4.69) is 13.8 Å². The molecule has 1 saturated heterocycles. The summed E-state index contributed by atoms with van der Waals surface area (Å²) in [6, 6.07) is 16.4. The lowest BCUT2D eigenvalue weighted by molar-refractivity contribution is -0.138. The Morgan fingerprint density at radius 1 is 1.03 bits per heavy atom. The minimum atomic E-state index is -0.684. The van der Waals surface area contributed by atoms with Gasteiger partial charge in [0.05, 0.1) is 36.3 Å². The summed E-state index contributed by atoms with van der Waals surface area (Å²) in [4.78, 5) is 42.5. The molecule has 4 rings (SSSR count). The van der Waals surface area contributed by atoms with E-state index in [1.165, 1.54) is 16.7 Å². The van der Waals surface area contributed by atoms with Gasteiger partial charge in [-0.25, -0.2) is 0 Å². The van der Waals surface area contributed by atoms with Gasteiger partial charge in [0.15, 0.2) is 0 Å². The lowest BCUT2D eigenvalue weighted by Crippen LogP contribution is -2.49. The van der Waals surface area contributed by atoms with E-state index in [0.29, 0.717) is 15.4 Å². The standard InChI is InChI=1S/C26H28N2O4S2/c1-16(2)21-15-34-26(33)28(21)23(29)17(3)22(32-14-18-9-5-4-6-10-18)13-27-24(30)19-11-7-8-12-20(19)25(27)31/h4-12,16-17,21-22H,13-15H2,1-3H3/t17-,21-,22-/m0/s1. The number of carbonyl (C=O) groups is 3. The van der Waals surface area contributed by atoms with Gasteiger partial charge in [-0.05, 0) is 23.6 Å². The van der Waals surface area contributed by atoms with Gasteiger partial charge >= 0.3 is 0 Å². The van der Waals surface area contributed by atoms with Gasteiger partial charge in [0, 0.05) is 11.8 Å². The van der Waals surface area contributed by atoms with Crippen molar-refractivity contribution in [2.24, 2.45) is 11.8 Å². The van der Waals surface area contributed by atoms with Crippen LogP contribution in [0.15, 0.2) is 54.6 Å². The number of amides is 3. The third-order valence-electron chi connectivity index (χ3n) is 6.41. The lowest BCUT2D eigenvalue weighted by atomic mass is 9.98. The molecule has 1 fully saturated rings. The smallest absolute Gasteiger partial charge is 0.261 e. The predicted octanol–water partition coefficient (Wildman–Crippen LogP) is 4.39. The maximum absolute atomic E-state index is 13.6. The third kappa shape index (κ3) is 4.80. The fourth-order valence-electron chi connectivity index (χ4n) is 4.28. The monoisotopic (exact) mass is 496 g/mol. The molecule has 0 saturated carbocycles. The van der Waals surface area contributed by atoms with Crippen molar-refractivity contribution < 1.29 is 19.1 Å². The van der Waals surface area contributed by atoms with Crippen LogP contribution in [0, 0.1) is 11.8 Å². The van der Waals surface area contributed by atoms with Crippen molar-refractivity contribution in [1.82, 2.24) is 9.80 Å². The molecule has 3 atom stereocenters. The SMILES string of the molecule is CC(C)[C@@H]1CSC(=S)N1C(=O)[C@@H](C)[C@H](CN1C(=O)c2ccccc2C1=O)OCc1ccccc1. The molecule has 0 aromatic heterocycles. The molecule has 2 aromatic rings. The van der Waals surface area contributed by atoms with Gasteiger partial charge in [0.1, 0.15) is 4.32 Å². The molecule has 2 aromatic carbocycles. The van der Waals surface area contributed by atoms with Crippen molar-refractivity contribution >= 4 is 46.0 Å². The van der Waals surface area contributed by atoms with Crippen molar-refractivity contribution in [2.45, 2.75) is 39.5 Å². The first-order valence-electron chi connectivity index (χ1n) is 11.4. The van der Waals surface area contributed by atoms with Crippen LogP contribution in [0.2, 0.25) is 0 Å². The zero-order valence-electron chi connectivity index (χ0n) is 19.5. The van der Waals surface area contributed by atoms with E-state index in [0.717, 1.165) is 11.3 Å². The molecule has 178 valence electrons. The van der Waals surface area contributed by atoms with Gasteiger partial charge in [-0.2, -0.15) is 0 Å². The maximum atomic E-state index is 13.6. The Hall–Kier alpha value is -2.55. The van der Waals surface area contributed by atoms with Gasteiger partial charge in [0.25, 0.3) is 11.8 Å². The minimum Gasteiger partial charge on any atom is -0.371 e. The molecular formula is C26H28N2O4S2. The molecule has 0 unspecified atom stereocenters. The average molecular weight is 497 g/mol. The van der Waals surface area contributed by atoms with Crippen molar-refractivity contribution in [3.8, 4) is 0 Å². The normalized spacial score (nSPS) is 19.6. The Bertz CT molecular complexity index is 1070. The second kappa shape index (κ2) is 10.4. The van der Waals surface area contributed by atoms with E-state index in [1.54, 1.807) is 36.1 Å². The number of rotatable bonds is 8. The number of hydrogen-bond donors (Lipinski definition) is 0. The third-order valence-corrected chi connectivity index (χ3v) is 7.91. The van der Waals surface area contributed by atoms with E-state index < -0.39 is 12.0 Å². The van der Waals surface area contributed by atoms with Crippen LogP contribution in [-0.4, -0.2) is 56.3 Å². The van der Waals surface area contributed by atoms with Gasteiger partial charge < -0.3 is 4.74 Å². The summed E-state index contributed by atoms with van der Waals surface area (Å²) in [7, 11) is 0. The Balaban J connectivity index is 1.58. The van der Waals surface area contributed by atoms with Crippen LogP contribution in [0.5, 0.6) is 0 Å². The number of hydrogen-bond acceptors (Lipinski definition) is 6. The first-order valence-corrected chi connectivity index (χ1v) is 12.8. The second-order valence-corrected chi connectivity index (χ2v) is 10.6. The quantitative estimate of drug-likeness (QED) is 0.399. The molecule has 2 aliphatic heterocycles. The van der Waals surface area contributed by atoms with Crippen LogP contribution in [0.1, 0.15) is 47.1 Å². The minimum absolute atomic E-state index is 0.00776. The van der Waals surface area contributed by atoms with E-state index in [4.69, 9.17) is 17.0 Å². The summed E-state index contributed by atoms with van der Waals surface area (Å²) in [5.41, 5.74) is 1.71. The van der Waals surface area contributed by atoms with Crippen LogP contribution in [0.3, 0.4) is 0 Å². The zero-order chi connectivity index (χ0) is 24.4. The molecular weight excluding hydrogens is 468 g/mol. The van der Waals surface area contributed by atoms with Gasteiger partial charge in [0.2, 0.25) is 5.91 Å². The molecule has 0 radical (unpaired) electrons. The Kier molecular flexibility index (Phi) is 7.50. The van der Waals surface area contributed by atoms with Gasteiger partial charge in [-0.15, -0.1) is 0 Å². The second-order valence-electron chi connectivity index (χ2n) is 8.99. The van der Waals surface area contributed by atoms with E-state index in [1.807, 2.05) is 30.3 Å². The highest BCUT2D eigenvalue weighted by atomic mass is 32.2. The van der Waals surface area contributed by atoms with Gasteiger partial charge in [-0.1, -0.05) is 87.2 Å². The van der Waals surface area contributed by atoms with E-state index in [-0.39, 0.29) is 42.8 Å². The maximum Gasteiger partial charge on any atom is 0.261 e. The highest BCUT2D eigenvalue weighted by Gasteiger charge is 2.42. The van der Waals surface area contributed by atoms with E-state index in [9.17, 15) is 14.4 Å². The Morgan fingerprint density at radius 2 is 1.62 bits per heavy atom. The summed E-state index contributed by atoms with van der Waals surface area (Å²) in [6.07, 6.45) is -0.684. The molecule has 3 amide bonds. The number of fused-ring (bicyclic) bond motifs is 1. The number of imide groups is 1. The molecule has 34 heavy (non-hydrogen) atoms. The van der Waals surface area contributed by atoms with Crippen molar-refractivity contribution in [1.29, 1.82) is 0 Å². The highest BCUT2D eigenvalue weighted by molar-refractivity contribution is 8.23. The number of thioether (sulfide) groups is 1. The lowest BCUT2D eigenvalue weighted by Gasteiger charge is -2.33. The van der Waals surface area contributed by atoms with Crippen LogP contribution in [0.25, 0.3) is 0 Å². The molecule has 8 heteroatoms. The predicted molar refractivity (Wildman–Crippen MR) is 137 cm³/mol. The zero-order valence-corrected chi connectivity index (χ0v) is 21.1. The molecule has 0 N–H and O–H groups in total. The van der Waals surface area contributed by atoms with Crippen molar-refractivity contribution in [3.05, 3.63) is 71.3 Å². The number of carbonyl (C=O) groups excluding carboxylic acids is 3. The topological polar surface area (TPSA) is 66.9 Å². The molecule has 2 heterocycles. The van der Waals surface area contributed by atoms with Crippen LogP contribution < -0.4 is 0 Å². The van der Waals surface area contributed by atoms with Crippen LogP contribution in [-0.2, 0) is 16.1 Å². The molecule has 2 aliphatic rings. The fraction of sp³-hybridized carbons (Fsp3) is 0.385. The Morgan fingerprint density at radius 3 is 2.21 bits per heavy atom. The summed E-state index contributed by atoms with van der Waals surface area (Å²) >= 11 is 7.01. The first-order chi connectivity index (χ1) is 16.3. The highest BCUT2D eigenvalue weighted by Crippen LogP contribution is 2.32. The number of benzene rings is 2. The van der Waals surface area contributed by atoms with Crippen LogP contribution >= 0.6 is 24.0 Å². The number of nitrogens with zero attached hydrogens (tertiary/aromatic N) is 2. The summed E-state index contributed by atoms with van der Waals surface area (Å²) in [6.45, 7) is 6.20. The first kappa shape index (κ1) is 24.6. The molecule has 0 spiro atoms. The Labute approximate surface area is 209 Å². The molecule has 6 nitrogen and oxygen atoms in total. The number of thiocarbonyl (C=S) groups is 1. The summed E-state index contributed by atoms with van der Waals surface area (Å²) < 4.78 is 6.78.